The SMILES string of the molecule is COC(=O)[C@@H]1C[C@@H](C)[C@@H](CC(=O)N(C)OC)N1C(=O)[C@@H](C)C(C)C. The van der Waals surface area contributed by atoms with Gasteiger partial charge < -0.3 is 9.64 Å². The minimum Gasteiger partial charge on any atom is -0.467 e. The van der Waals surface area contributed by atoms with Crippen LogP contribution in [0, 0.1) is 17.8 Å². The van der Waals surface area contributed by atoms with Gasteiger partial charge in [-0.25, -0.2) is 9.86 Å². The zero-order valence-corrected chi connectivity index (χ0v) is 15.7. The van der Waals surface area contributed by atoms with Crippen LogP contribution in [0.5, 0.6) is 0 Å². The predicted molar refractivity (Wildman–Crippen MR) is 88.6 cm³/mol. The maximum absolute atomic E-state index is 13.0. The maximum atomic E-state index is 13.0. The van der Waals surface area contributed by atoms with Crippen molar-refractivity contribution in [3.05, 3.63) is 0 Å². The van der Waals surface area contributed by atoms with Crippen LogP contribution in [0.15, 0.2) is 0 Å². The van der Waals surface area contributed by atoms with Crippen molar-refractivity contribution in [3.63, 3.8) is 0 Å². The summed E-state index contributed by atoms with van der Waals surface area (Å²) in [5.41, 5.74) is 0. The van der Waals surface area contributed by atoms with E-state index in [1.807, 2.05) is 27.7 Å². The van der Waals surface area contributed by atoms with Crippen molar-refractivity contribution in [1.29, 1.82) is 0 Å². The Labute approximate surface area is 144 Å². The third-order valence-electron chi connectivity index (χ3n) is 5.07. The number of carbonyl (C=O) groups is 3. The molecule has 138 valence electrons. The number of methoxy groups -OCH3 is 1. The number of amides is 2. The number of hydrogen-bond acceptors (Lipinski definition) is 5. The second-order valence-corrected chi connectivity index (χ2v) is 6.88. The van der Waals surface area contributed by atoms with E-state index in [2.05, 4.69) is 0 Å². The summed E-state index contributed by atoms with van der Waals surface area (Å²) in [7, 11) is 4.26. The molecule has 2 amide bonds. The van der Waals surface area contributed by atoms with Gasteiger partial charge in [0.1, 0.15) is 6.04 Å². The quantitative estimate of drug-likeness (QED) is 0.540. The van der Waals surface area contributed by atoms with Crippen molar-refractivity contribution in [1.82, 2.24) is 9.96 Å². The predicted octanol–water partition coefficient (Wildman–Crippen LogP) is 1.47. The topological polar surface area (TPSA) is 76.2 Å². The minimum absolute atomic E-state index is 0.0200. The Morgan fingerprint density at radius 3 is 2.25 bits per heavy atom. The lowest BCUT2D eigenvalue weighted by atomic mass is 9.94. The lowest BCUT2D eigenvalue weighted by Gasteiger charge is -2.33. The van der Waals surface area contributed by atoms with Crippen LogP contribution in [-0.2, 0) is 24.0 Å². The monoisotopic (exact) mass is 342 g/mol. The molecule has 0 N–H and O–H groups in total. The Morgan fingerprint density at radius 2 is 1.79 bits per heavy atom. The van der Waals surface area contributed by atoms with Crippen molar-refractivity contribution in [2.75, 3.05) is 21.3 Å². The smallest absolute Gasteiger partial charge is 0.328 e. The second-order valence-electron chi connectivity index (χ2n) is 6.88. The molecule has 0 aromatic heterocycles. The van der Waals surface area contributed by atoms with Crippen LogP contribution in [0.4, 0.5) is 0 Å². The lowest BCUT2D eigenvalue weighted by molar-refractivity contribution is -0.171. The van der Waals surface area contributed by atoms with Gasteiger partial charge in [-0.1, -0.05) is 27.7 Å². The zero-order valence-electron chi connectivity index (χ0n) is 15.7. The highest BCUT2D eigenvalue weighted by Gasteiger charge is 2.47. The van der Waals surface area contributed by atoms with Crippen LogP contribution >= 0.6 is 0 Å². The molecule has 1 heterocycles. The van der Waals surface area contributed by atoms with Gasteiger partial charge in [0.2, 0.25) is 11.8 Å². The lowest BCUT2D eigenvalue weighted by Crippen LogP contribution is -2.50. The molecule has 1 fully saturated rings. The summed E-state index contributed by atoms with van der Waals surface area (Å²) in [6, 6.07) is -0.975. The molecule has 0 spiro atoms. The van der Waals surface area contributed by atoms with Crippen LogP contribution in [0.25, 0.3) is 0 Å². The number of likely N-dealkylation sites (tertiary alicyclic amines) is 1. The number of hydroxylamine groups is 2. The number of carbonyl (C=O) groups excluding carboxylic acids is 3. The molecule has 0 aliphatic carbocycles. The fourth-order valence-corrected chi connectivity index (χ4v) is 3.02. The van der Waals surface area contributed by atoms with Gasteiger partial charge in [0.25, 0.3) is 0 Å². The molecule has 0 bridgehead atoms. The van der Waals surface area contributed by atoms with Crippen LogP contribution in [0.3, 0.4) is 0 Å². The minimum atomic E-state index is -0.635. The molecule has 24 heavy (non-hydrogen) atoms. The molecule has 0 aromatic carbocycles. The average Bonchev–Trinajstić information content (AvgIpc) is 2.88. The van der Waals surface area contributed by atoms with Gasteiger partial charge in [-0.05, 0) is 18.3 Å². The van der Waals surface area contributed by atoms with Crippen molar-refractivity contribution >= 4 is 17.8 Å². The molecule has 1 rings (SSSR count). The molecule has 7 heteroatoms. The van der Waals surface area contributed by atoms with Crippen molar-refractivity contribution in [2.45, 2.75) is 52.6 Å². The summed E-state index contributed by atoms with van der Waals surface area (Å²) in [6.07, 6.45) is 0.618. The number of rotatable bonds is 6. The molecule has 0 radical (unpaired) electrons. The van der Waals surface area contributed by atoms with Gasteiger partial charge in [0.05, 0.1) is 14.2 Å². The van der Waals surface area contributed by atoms with E-state index in [1.165, 1.54) is 21.3 Å². The summed E-state index contributed by atoms with van der Waals surface area (Å²) in [5, 5.41) is 1.15. The number of esters is 1. The van der Waals surface area contributed by atoms with Crippen molar-refractivity contribution in [3.8, 4) is 0 Å². The van der Waals surface area contributed by atoms with Crippen LogP contribution in [-0.4, -0.2) is 61.1 Å². The largest absolute Gasteiger partial charge is 0.467 e. The third kappa shape index (κ3) is 4.26. The fourth-order valence-electron chi connectivity index (χ4n) is 3.02. The first kappa shape index (κ1) is 20.4. The van der Waals surface area contributed by atoms with E-state index in [1.54, 1.807) is 4.90 Å². The first-order chi connectivity index (χ1) is 11.1. The van der Waals surface area contributed by atoms with E-state index in [9.17, 15) is 14.4 Å². The van der Waals surface area contributed by atoms with Gasteiger partial charge in [-0.3, -0.25) is 14.4 Å². The molecule has 1 saturated heterocycles. The summed E-state index contributed by atoms with van der Waals surface area (Å²) >= 11 is 0. The Balaban J connectivity index is 3.11. The Kier molecular flexibility index (Phi) is 7.20. The van der Waals surface area contributed by atoms with Crippen molar-refractivity contribution < 1.29 is 24.0 Å². The highest BCUT2D eigenvalue weighted by molar-refractivity contribution is 5.87. The molecule has 1 aliphatic rings. The average molecular weight is 342 g/mol. The van der Waals surface area contributed by atoms with Crippen LogP contribution in [0.2, 0.25) is 0 Å². The van der Waals surface area contributed by atoms with Gasteiger partial charge in [0.15, 0.2) is 0 Å². The number of nitrogens with zero attached hydrogens (tertiary/aromatic N) is 2. The summed E-state index contributed by atoms with van der Waals surface area (Å²) in [4.78, 5) is 43.8. The third-order valence-corrected chi connectivity index (χ3v) is 5.07. The van der Waals surface area contributed by atoms with Gasteiger partial charge in [-0.2, -0.15) is 0 Å². The zero-order chi connectivity index (χ0) is 18.6. The first-order valence-electron chi connectivity index (χ1n) is 8.36. The summed E-state index contributed by atoms with van der Waals surface area (Å²) in [5.74, 6) is -0.838. The number of ether oxygens (including phenoxy) is 1. The molecular formula is C17H30N2O5. The standard InChI is InChI=1S/C17H30N2O5/c1-10(2)12(4)16(21)19-13(9-15(20)18(5)24-7)11(3)8-14(19)17(22)23-6/h10-14H,8-9H2,1-7H3/t11-,12+,13-,14+/m1/s1. The van der Waals surface area contributed by atoms with E-state index < -0.39 is 12.0 Å². The molecule has 7 nitrogen and oxygen atoms in total. The normalized spacial score (nSPS) is 24.8. The fraction of sp³-hybridized carbons (Fsp3) is 0.824. The summed E-state index contributed by atoms with van der Waals surface area (Å²) in [6.45, 7) is 7.74. The highest BCUT2D eigenvalue weighted by atomic mass is 16.7. The molecule has 1 aliphatic heterocycles. The molecule has 0 aromatic rings. The molecular weight excluding hydrogens is 312 g/mol. The van der Waals surface area contributed by atoms with E-state index in [-0.39, 0.29) is 42.0 Å². The van der Waals surface area contributed by atoms with Gasteiger partial charge in [0, 0.05) is 25.4 Å². The summed E-state index contributed by atoms with van der Waals surface area (Å²) < 4.78 is 4.87. The van der Waals surface area contributed by atoms with E-state index in [0.29, 0.717) is 6.42 Å². The number of hydrogen-bond donors (Lipinski definition) is 0. The second kappa shape index (κ2) is 8.46. The first-order valence-corrected chi connectivity index (χ1v) is 8.36. The van der Waals surface area contributed by atoms with Gasteiger partial charge in [-0.15, -0.1) is 0 Å². The Morgan fingerprint density at radius 1 is 1.21 bits per heavy atom. The molecule has 0 saturated carbocycles. The maximum Gasteiger partial charge on any atom is 0.328 e. The van der Waals surface area contributed by atoms with Crippen LogP contribution < -0.4 is 0 Å². The van der Waals surface area contributed by atoms with E-state index >= 15 is 0 Å². The van der Waals surface area contributed by atoms with E-state index in [4.69, 9.17) is 9.57 Å². The molecule has 0 unspecified atom stereocenters. The highest BCUT2D eigenvalue weighted by Crippen LogP contribution is 2.35. The molecule has 4 atom stereocenters. The Bertz CT molecular complexity index is 480. The van der Waals surface area contributed by atoms with Crippen LogP contribution in [0.1, 0.15) is 40.5 Å². The Hall–Kier alpha value is -1.63. The van der Waals surface area contributed by atoms with Gasteiger partial charge >= 0.3 is 5.97 Å². The van der Waals surface area contributed by atoms with E-state index in [0.717, 1.165) is 5.06 Å². The van der Waals surface area contributed by atoms with Crippen molar-refractivity contribution in [2.24, 2.45) is 17.8 Å².